The molecule has 2 saturated heterocycles. The van der Waals surface area contributed by atoms with Crippen LogP contribution in [0.25, 0.3) is 0 Å². The molecular formula is C22H28N4O2S. The lowest BCUT2D eigenvalue weighted by Crippen LogP contribution is -2.53. The number of nitriles is 1. The fraction of sp³-hybridized carbons (Fsp3) is 0.591. The lowest BCUT2D eigenvalue weighted by molar-refractivity contribution is -0.141. The molecule has 154 valence electrons. The second-order valence-corrected chi connectivity index (χ2v) is 9.23. The summed E-state index contributed by atoms with van der Waals surface area (Å²) >= 11 is 1.68. The summed E-state index contributed by atoms with van der Waals surface area (Å²) in [6, 6.07) is 9.65. The zero-order valence-corrected chi connectivity index (χ0v) is 17.5. The van der Waals surface area contributed by atoms with Crippen LogP contribution in [0.4, 0.5) is 5.69 Å². The molecule has 1 saturated carbocycles. The van der Waals surface area contributed by atoms with Crippen molar-refractivity contribution in [3.05, 3.63) is 29.8 Å². The minimum absolute atomic E-state index is 0.0122. The first-order valence-electron chi connectivity index (χ1n) is 10.6. The fourth-order valence-corrected chi connectivity index (χ4v) is 5.77. The van der Waals surface area contributed by atoms with Crippen molar-refractivity contribution in [3.8, 4) is 6.07 Å². The van der Waals surface area contributed by atoms with Crippen molar-refractivity contribution < 1.29 is 9.59 Å². The summed E-state index contributed by atoms with van der Waals surface area (Å²) in [7, 11) is 0. The number of nitrogens with zero attached hydrogens (tertiary/aromatic N) is 3. The summed E-state index contributed by atoms with van der Waals surface area (Å²) in [5.74, 6) is 1.67. The summed E-state index contributed by atoms with van der Waals surface area (Å²) < 4.78 is 0. The lowest BCUT2D eigenvalue weighted by Gasteiger charge is -2.35. The van der Waals surface area contributed by atoms with Crippen LogP contribution in [0, 0.1) is 17.2 Å². The van der Waals surface area contributed by atoms with Gasteiger partial charge >= 0.3 is 0 Å². The third kappa shape index (κ3) is 4.53. The lowest BCUT2D eigenvalue weighted by atomic mass is 10.0. The molecule has 1 atom stereocenters. The number of amides is 2. The number of rotatable bonds is 4. The van der Waals surface area contributed by atoms with E-state index in [2.05, 4.69) is 16.3 Å². The molecule has 7 heteroatoms. The normalized spacial score (nSPS) is 23.2. The standard InChI is InChI=1S/C22H28N4O2S/c23-13-16-5-7-19(8-6-16)25-11-9-18(10-12-25)24-21(27)20-14-29-15-26(20)22(28)17-3-1-2-4-17/h5-8,17-18,20H,1-4,9-12,14-15H2,(H,24,27). The van der Waals surface area contributed by atoms with Gasteiger partial charge in [-0.25, -0.2) is 0 Å². The molecule has 2 aliphatic heterocycles. The van der Waals surface area contributed by atoms with Crippen LogP contribution in [0.5, 0.6) is 0 Å². The fourth-order valence-electron chi connectivity index (χ4n) is 4.61. The van der Waals surface area contributed by atoms with E-state index in [1.807, 2.05) is 29.2 Å². The van der Waals surface area contributed by atoms with E-state index in [1.165, 1.54) is 0 Å². The summed E-state index contributed by atoms with van der Waals surface area (Å²) in [6.45, 7) is 1.75. The van der Waals surface area contributed by atoms with Gasteiger partial charge in [-0.1, -0.05) is 12.8 Å². The van der Waals surface area contributed by atoms with E-state index in [4.69, 9.17) is 5.26 Å². The number of nitrogens with one attached hydrogen (secondary N) is 1. The van der Waals surface area contributed by atoms with Gasteiger partial charge < -0.3 is 15.1 Å². The predicted octanol–water partition coefficient (Wildman–Crippen LogP) is 2.73. The van der Waals surface area contributed by atoms with Crippen LogP contribution < -0.4 is 10.2 Å². The van der Waals surface area contributed by atoms with E-state index >= 15 is 0 Å². The van der Waals surface area contributed by atoms with Crippen LogP contribution in [0.3, 0.4) is 0 Å². The Bertz CT molecular complexity index is 777. The van der Waals surface area contributed by atoms with E-state index in [1.54, 1.807) is 11.8 Å². The Labute approximate surface area is 176 Å². The zero-order chi connectivity index (χ0) is 20.2. The van der Waals surface area contributed by atoms with Crippen LogP contribution in [-0.4, -0.2) is 53.5 Å². The molecule has 1 aromatic carbocycles. The molecule has 6 nitrogen and oxygen atoms in total. The summed E-state index contributed by atoms with van der Waals surface area (Å²) in [6.07, 6.45) is 5.99. The second-order valence-electron chi connectivity index (χ2n) is 8.23. The molecular weight excluding hydrogens is 384 g/mol. The number of piperidine rings is 1. The molecule has 1 aromatic rings. The Morgan fingerprint density at radius 3 is 2.41 bits per heavy atom. The summed E-state index contributed by atoms with van der Waals surface area (Å²) in [5.41, 5.74) is 1.79. The van der Waals surface area contributed by atoms with Crippen LogP contribution in [0.2, 0.25) is 0 Å². The largest absolute Gasteiger partial charge is 0.371 e. The van der Waals surface area contributed by atoms with E-state index in [0.717, 1.165) is 57.3 Å². The molecule has 1 unspecified atom stereocenters. The Morgan fingerprint density at radius 1 is 1.07 bits per heavy atom. The van der Waals surface area contributed by atoms with E-state index in [0.29, 0.717) is 17.2 Å². The number of anilines is 1. The SMILES string of the molecule is N#Cc1ccc(N2CCC(NC(=O)C3CSCN3C(=O)C3CCCC3)CC2)cc1. The highest BCUT2D eigenvalue weighted by Crippen LogP contribution is 2.31. The van der Waals surface area contributed by atoms with Gasteiger partial charge in [0.15, 0.2) is 0 Å². The van der Waals surface area contributed by atoms with Crippen molar-refractivity contribution in [1.29, 1.82) is 5.26 Å². The van der Waals surface area contributed by atoms with Crippen LogP contribution in [0.1, 0.15) is 44.1 Å². The van der Waals surface area contributed by atoms with Crippen LogP contribution >= 0.6 is 11.8 Å². The maximum Gasteiger partial charge on any atom is 0.243 e. The minimum atomic E-state index is -0.315. The summed E-state index contributed by atoms with van der Waals surface area (Å²) in [4.78, 5) is 29.8. The van der Waals surface area contributed by atoms with Gasteiger partial charge in [0.2, 0.25) is 11.8 Å². The number of carbonyl (C=O) groups is 2. The molecule has 1 N–H and O–H groups in total. The first-order valence-corrected chi connectivity index (χ1v) is 11.7. The van der Waals surface area contributed by atoms with Gasteiger partial charge in [0.05, 0.1) is 17.5 Å². The highest BCUT2D eigenvalue weighted by atomic mass is 32.2. The smallest absolute Gasteiger partial charge is 0.243 e. The molecule has 2 amide bonds. The Hall–Kier alpha value is -2.20. The predicted molar refractivity (Wildman–Crippen MR) is 114 cm³/mol. The minimum Gasteiger partial charge on any atom is -0.371 e. The highest BCUT2D eigenvalue weighted by Gasteiger charge is 2.39. The molecule has 4 rings (SSSR count). The number of hydrogen-bond donors (Lipinski definition) is 1. The maximum atomic E-state index is 12.9. The van der Waals surface area contributed by atoms with Gasteiger partial charge in [0.1, 0.15) is 6.04 Å². The number of hydrogen-bond acceptors (Lipinski definition) is 5. The van der Waals surface area contributed by atoms with Gasteiger partial charge in [-0.05, 0) is 49.9 Å². The maximum absolute atomic E-state index is 12.9. The van der Waals surface area contributed by atoms with Crippen LogP contribution in [0.15, 0.2) is 24.3 Å². The van der Waals surface area contributed by atoms with Gasteiger partial charge in [0.25, 0.3) is 0 Å². The average Bonchev–Trinajstić information content (AvgIpc) is 3.46. The average molecular weight is 413 g/mol. The Morgan fingerprint density at radius 2 is 1.76 bits per heavy atom. The number of thioether (sulfide) groups is 1. The van der Waals surface area contributed by atoms with Gasteiger partial charge in [-0.2, -0.15) is 5.26 Å². The molecule has 0 spiro atoms. The van der Waals surface area contributed by atoms with Crippen molar-refractivity contribution in [3.63, 3.8) is 0 Å². The third-order valence-electron chi connectivity index (χ3n) is 6.38. The van der Waals surface area contributed by atoms with E-state index in [9.17, 15) is 9.59 Å². The first-order chi connectivity index (χ1) is 14.2. The highest BCUT2D eigenvalue weighted by molar-refractivity contribution is 7.99. The monoisotopic (exact) mass is 412 g/mol. The molecule has 0 radical (unpaired) electrons. The molecule has 3 fully saturated rings. The van der Waals surface area contributed by atoms with Crippen molar-refractivity contribution >= 4 is 29.3 Å². The molecule has 0 bridgehead atoms. The van der Waals surface area contributed by atoms with Crippen LogP contribution in [-0.2, 0) is 9.59 Å². The van der Waals surface area contributed by atoms with Gasteiger partial charge in [-0.3, -0.25) is 9.59 Å². The third-order valence-corrected chi connectivity index (χ3v) is 7.39. The quantitative estimate of drug-likeness (QED) is 0.823. The molecule has 1 aliphatic carbocycles. The first kappa shape index (κ1) is 20.1. The molecule has 29 heavy (non-hydrogen) atoms. The van der Waals surface area contributed by atoms with Crippen molar-refractivity contribution in [2.75, 3.05) is 29.6 Å². The molecule has 2 heterocycles. The van der Waals surface area contributed by atoms with Gasteiger partial charge in [-0.15, -0.1) is 11.8 Å². The van der Waals surface area contributed by atoms with Gasteiger partial charge in [0, 0.05) is 36.5 Å². The van der Waals surface area contributed by atoms with Crippen molar-refractivity contribution in [1.82, 2.24) is 10.2 Å². The Kier molecular flexibility index (Phi) is 6.29. The Balaban J connectivity index is 1.29. The second kappa shape index (κ2) is 9.08. The van der Waals surface area contributed by atoms with Crippen molar-refractivity contribution in [2.24, 2.45) is 5.92 Å². The number of carbonyl (C=O) groups excluding carboxylic acids is 2. The molecule has 0 aromatic heterocycles. The number of benzene rings is 1. The molecule has 3 aliphatic rings. The zero-order valence-electron chi connectivity index (χ0n) is 16.7. The van der Waals surface area contributed by atoms with E-state index in [-0.39, 0.29) is 29.8 Å². The summed E-state index contributed by atoms with van der Waals surface area (Å²) in [5, 5.41) is 12.1. The van der Waals surface area contributed by atoms with Crippen molar-refractivity contribution in [2.45, 2.75) is 50.6 Å². The van der Waals surface area contributed by atoms with E-state index < -0.39 is 0 Å². The topological polar surface area (TPSA) is 76.4 Å².